The monoisotopic (exact) mass is 319 g/mol. The van der Waals surface area contributed by atoms with Crippen molar-refractivity contribution in [2.45, 2.75) is 38.5 Å². The summed E-state index contributed by atoms with van der Waals surface area (Å²) in [7, 11) is 0. The number of carboxylic acid groups (broad SMARTS) is 1. The molecule has 0 saturated carbocycles. The van der Waals surface area contributed by atoms with Crippen LogP contribution >= 0.6 is 0 Å². The molecular formula is C15H17F4NO2. The second-order valence-corrected chi connectivity index (χ2v) is 5.69. The summed E-state index contributed by atoms with van der Waals surface area (Å²) in [5.74, 6) is -2.45. The van der Waals surface area contributed by atoms with Crippen LogP contribution in [-0.2, 0) is 17.5 Å². The van der Waals surface area contributed by atoms with Gasteiger partial charge in [0.05, 0.1) is 11.5 Å². The van der Waals surface area contributed by atoms with Gasteiger partial charge in [-0.15, -0.1) is 0 Å². The highest BCUT2D eigenvalue weighted by atomic mass is 19.4. The molecule has 1 heterocycles. The minimum Gasteiger partial charge on any atom is -0.481 e. The number of likely N-dealkylation sites (tertiary alicyclic amines) is 1. The van der Waals surface area contributed by atoms with Crippen molar-refractivity contribution in [1.29, 1.82) is 0 Å². The van der Waals surface area contributed by atoms with E-state index in [1.54, 1.807) is 4.90 Å². The molecule has 1 aromatic carbocycles. The first-order chi connectivity index (χ1) is 10.2. The quantitative estimate of drug-likeness (QED) is 0.867. The van der Waals surface area contributed by atoms with E-state index < -0.39 is 29.4 Å². The average Bonchev–Trinajstić information content (AvgIpc) is 2.41. The molecule has 2 unspecified atom stereocenters. The fraction of sp³-hybridized carbons (Fsp3) is 0.533. The van der Waals surface area contributed by atoms with Gasteiger partial charge >= 0.3 is 12.1 Å². The van der Waals surface area contributed by atoms with Gasteiger partial charge in [0.25, 0.3) is 0 Å². The molecule has 0 bridgehead atoms. The van der Waals surface area contributed by atoms with Crippen molar-refractivity contribution >= 4 is 5.97 Å². The topological polar surface area (TPSA) is 40.5 Å². The largest absolute Gasteiger partial charge is 0.481 e. The molecule has 0 aromatic heterocycles. The van der Waals surface area contributed by atoms with Gasteiger partial charge in [0.2, 0.25) is 0 Å². The van der Waals surface area contributed by atoms with Crippen LogP contribution in [0.2, 0.25) is 0 Å². The summed E-state index contributed by atoms with van der Waals surface area (Å²) in [6.07, 6.45) is -3.51. The van der Waals surface area contributed by atoms with E-state index in [9.17, 15) is 22.4 Å². The van der Waals surface area contributed by atoms with Gasteiger partial charge in [-0.3, -0.25) is 9.69 Å². The number of carbonyl (C=O) groups is 1. The van der Waals surface area contributed by atoms with Crippen molar-refractivity contribution in [3.63, 3.8) is 0 Å². The molecule has 2 atom stereocenters. The highest BCUT2D eigenvalue weighted by molar-refractivity contribution is 5.70. The van der Waals surface area contributed by atoms with E-state index in [2.05, 4.69) is 0 Å². The number of hydrogen-bond donors (Lipinski definition) is 1. The van der Waals surface area contributed by atoms with Gasteiger partial charge in [0, 0.05) is 19.1 Å². The van der Waals surface area contributed by atoms with Crippen molar-refractivity contribution < 1.29 is 27.5 Å². The van der Waals surface area contributed by atoms with E-state index >= 15 is 0 Å². The van der Waals surface area contributed by atoms with Gasteiger partial charge in [-0.2, -0.15) is 13.2 Å². The van der Waals surface area contributed by atoms with Crippen LogP contribution in [-0.4, -0.2) is 28.6 Å². The van der Waals surface area contributed by atoms with Crippen molar-refractivity contribution in [3.8, 4) is 0 Å². The van der Waals surface area contributed by atoms with Crippen molar-refractivity contribution in [3.05, 3.63) is 35.1 Å². The SMILES string of the molecule is CC1CCC(C(=O)O)CN1Cc1ccc(F)cc1C(F)(F)F. The van der Waals surface area contributed by atoms with Crippen LogP contribution in [0.5, 0.6) is 0 Å². The second-order valence-electron chi connectivity index (χ2n) is 5.69. The molecule has 3 nitrogen and oxygen atoms in total. The highest BCUT2D eigenvalue weighted by Crippen LogP contribution is 2.34. The molecule has 1 aliphatic heterocycles. The van der Waals surface area contributed by atoms with E-state index in [0.29, 0.717) is 18.9 Å². The van der Waals surface area contributed by atoms with E-state index in [0.717, 1.165) is 12.1 Å². The molecule has 0 radical (unpaired) electrons. The smallest absolute Gasteiger partial charge is 0.416 e. The zero-order chi connectivity index (χ0) is 16.5. The van der Waals surface area contributed by atoms with E-state index in [4.69, 9.17) is 5.11 Å². The van der Waals surface area contributed by atoms with Gasteiger partial charge in [0.15, 0.2) is 0 Å². The Hall–Kier alpha value is -1.63. The summed E-state index contributed by atoms with van der Waals surface area (Å²) >= 11 is 0. The Kier molecular flexibility index (Phi) is 4.75. The molecule has 2 rings (SSSR count). The van der Waals surface area contributed by atoms with Crippen LogP contribution in [0.4, 0.5) is 17.6 Å². The molecule has 1 aromatic rings. The fourth-order valence-corrected chi connectivity index (χ4v) is 2.77. The lowest BCUT2D eigenvalue weighted by Gasteiger charge is -2.36. The fourth-order valence-electron chi connectivity index (χ4n) is 2.77. The Balaban J connectivity index is 2.24. The molecular weight excluding hydrogens is 302 g/mol. The Morgan fingerprint density at radius 3 is 2.64 bits per heavy atom. The number of carboxylic acids is 1. The van der Waals surface area contributed by atoms with E-state index in [1.165, 1.54) is 0 Å². The molecule has 0 spiro atoms. The zero-order valence-electron chi connectivity index (χ0n) is 12.0. The second kappa shape index (κ2) is 6.24. The van der Waals surface area contributed by atoms with E-state index in [-0.39, 0.29) is 24.7 Å². The number of halogens is 4. The van der Waals surface area contributed by atoms with Crippen molar-refractivity contribution in [1.82, 2.24) is 4.90 Å². The summed E-state index contributed by atoms with van der Waals surface area (Å²) in [6, 6.07) is 2.59. The highest BCUT2D eigenvalue weighted by Gasteiger charge is 2.36. The Morgan fingerprint density at radius 2 is 2.05 bits per heavy atom. The number of rotatable bonds is 3. The third-order valence-corrected chi connectivity index (χ3v) is 4.11. The first-order valence-corrected chi connectivity index (χ1v) is 7.01. The molecule has 122 valence electrons. The molecule has 22 heavy (non-hydrogen) atoms. The van der Waals surface area contributed by atoms with Crippen LogP contribution < -0.4 is 0 Å². The predicted octanol–water partition coefficient (Wildman–Crippen LogP) is 3.53. The third kappa shape index (κ3) is 3.76. The lowest BCUT2D eigenvalue weighted by Crippen LogP contribution is -2.43. The van der Waals surface area contributed by atoms with Crippen LogP contribution in [0.15, 0.2) is 18.2 Å². The van der Waals surface area contributed by atoms with Crippen LogP contribution in [0, 0.1) is 11.7 Å². The average molecular weight is 319 g/mol. The maximum Gasteiger partial charge on any atom is 0.416 e. The molecule has 7 heteroatoms. The Bertz CT molecular complexity index is 559. The zero-order valence-corrected chi connectivity index (χ0v) is 12.0. The maximum atomic E-state index is 13.1. The molecule has 1 N–H and O–H groups in total. The normalized spacial score (nSPS) is 23.5. The summed E-state index contributed by atoms with van der Waals surface area (Å²) in [4.78, 5) is 12.8. The molecule has 1 fully saturated rings. The van der Waals surface area contributed by atoms with Gasteiger partial charge in [-0.1, -0.05) is 6.07 Å². The van der Waals surface area contributed by atoms with Gasteiger partial charge in [-0.05, 0) is 37.5 Å². The summed E-state index contributed by atoms with van der Waals surface area (Å²) in [5, 5.41) is 9.07. The van der Waals surface area contributed by atoms with Gasteiger partial charge in [-0.25, -0.2) is 4.39 Å². The summed E-state index contributed by atoms with van der Waals surface area (Å²) in [6.45, 7) is 2.01. The van der Waals surface area contributed by atoms with Crippen molar-refractivity contribution in [2.24, 2.45) is 5.92 Å². The summed E-state index contributed by atoms with van der Waals surface area (Å²) < 4.78 is 52.1. The van der Waals surface area contributed by atoms with Crippen LogP contribution in [0.25, 0.3) is 0 Å². The lowest BCUT2D eigenvalue weighted by molar-refractivity contribution is -0.145. The number of hydrogen-bond acceptors (Lipinski definition) is 2. The van der Waals surface area contributed by atoms with Crippen LogP contribution in [0.3, 0.4) is 0 Å². The molecule has 1 aliphatic rings. The Morgan fingerprint density at radius 1 is 1.36 bits per heavy atom. The number of nitrogens with zero attached hydrogens (tertiary/aromatic N) is 1. The van der Waals surface area contributed by atoms with Gasteiger partial charge in [0.1, 0.15) is 5.82 Å². The molecule has 0 amide bonds. The first kappa shape index (κ1) is 16.7. The Labute approximate surface area is 125 Å². The van der Waals surface area contributed by atoms with Crippen LogP contribution in [0.1, 0.15) is 30.9 Å². The minimum absolute atomic E-state index is 0.0123. The number of piperidine rings is 1. The number of aliphatic carboxylic acids is 1. The standard InChI is InChI=1S/C15H17F4NO2/c1-9-2-3-11(14(21)22)8-20(9)7-10-4-5-12(16)6-13(10)15(17,18)19/h4-6,9,11H,2-3,7-8H2,1H3,(H,21,22). The lowest BCUT2D eigenvalue weighted by atomic mass is 9.92. The molecule has 1 saturated heterocycles. The van der Waals surface area contributed by atoms with E-state index in [1.807, 2.05) is 6.92 Å². The first-order valence-electron chi connectivity index (χ1n) is 7.01. The van der Waals surface area contributed by atoms with Gasteiger partial charge < -0.3 is 5.11 Å². The third-order valence-electron chi connectivity index (χ3n) is 4.11. The predicted molar refractivity (Wildman–Crippen MR) is 71.6 cm³/mol. The minimum atomic E-state index is -4.64. The maximum absolute atomic E-state index is 13.1. The number of benzene rings is 1. The summed E-state index contributed by atoms with van der Waals surface area (Å²) in [5.41, 5.74) is -1.04. The van der Waals surface area contributed by atoms with Crippen molar-refractivity contribution in [2.75, 3.05) is 6.54 Å². The molecule has 0 aliphatic carbocycles. The number of alkyl halides is 3.